The molecule has 0 fully saturated rings. The lowest BCUT2D eigenvalue weighted by Gasteiger charge is -2.29. The van der Waals surface area contributed by atoms with Crippen molar-refractivity contribution < 1.29 is 23.1 Å². The van der Waals surface area contributed by atoms with Crippen LogP contribution in [0.2, 0.25) is 5.02 Å². The monoisotopic (exact) mass is 566 g/mol. The number of nitrogens with zero attached hydrogens (tertiary/aromatic N) is 2. The van der Waals surface area contributed by atoms with Gasteiger partial charge in [-0.05, 0) is 102 Å². The molecule has 2 heterocycles. The van der Waals surface area contributed by atoms with Crippen LogP contribution in [0, 0.1) is 11.6 Å². The summed E-state index contributed by atoms with van der Waals surface area (Å²) in [5.74, 6) is -1.06. The summed E-state index contributed by atoms with van der Waals surface area (Å²) < 4.78 is 32.7. The zero-order valence-electron chi connectivity index (χ0n) is 21.5. The second-order valence-corrected chi connectivity index (χ2v) is 9.96. The van der Waals surface area contributed by atoms with Gasteiger partial charge >= 0.3 is 0 Å². The molecule has 5 aromatic rings. The Bertz CT molecular complexity index is 1710. The van der Waals surface area contributed by atoms with Gasteiger partial charge in [-0.15, -0.1) is 0 Å². The molecule has 5 nitrogen and oxygen atoms in total. The number of carbonyl (C=O) groups excluding carboxylic acids is 2. The largest absolute Gasteiger partial charge is 0.482 e. The molecule has 0 saturated carbocycles. The third-order valence-corrected chi connectivity index (χ3v) is 7.06. The van der Waals surface area contributed by atoms with Crippen molar-refractivity contribution in [3.05, 3.63) is 125 Å². The number of fused-ring (bicyclic) bond motifs is 1. The SMILES string of the molecule is O=C(CN1C(=O)COc2ccc(-c3cc(-c4ccc(Cl)cc4)cc(-c4ccc(F)cc4)n3)cc21)c1ccc(F)cc1. The number of rotatable bonds is 6. The molecule has 0 spiro atoms. The van der Waals surface area contributed by atoms with Crippen molar-refractivity contribution >= 4 is 29.0 Å². The number of amides is 1. The number of ether oxygens (including phenoxy) is 1. The van der Waals surface area contributed by atoms with E-state index in [4.69, 9.17) is 21.3 Å². The molecule has 4 aromatic carbocycles. The summed E-state index contributed by atoms with van der Waals surface area (Å²) in [6.45, 7) is -0.439. The highest BCUT2D eigenvalue weighted by Gasteiger charge is 2.28. The van der Waals surface area contributed by atoms with Crippen molar-refractivity contribution in [2.75, 3.05) is 18.1 Å². The van der Waals surface area contributed by atoms with E-state index >= 15 is 0 Å². The number of benzene rings is 4. The Labute approximate surface area is 239 Å². The van der Waals surface area contributed by atoms with Crippen molar-refractivity contribution in [2.45, 2.75) is 0 Å². The van der Waals surface area contributed by atoms with Gasteiger partial charge in [0.1, 0.15) is 17.4 Å². The normalized spacial score (nSPS) is 12.6. The molecule has 41 heavy (non-hydrogen) atoms. The van der Waals surface area contributed by atoms with Gasteiger partial charge in [-0.25, -0.2) is 13.8 Å². The van der Waals surface area contributed by atoms with Crippen LogP contribution in [0.25, 0.3) is 33.6 Å². The fraction of sp³-hybridized carbons (Fsp3) is 0.0606. The van der Waals surface area contributed by atoms with Crippen LogP contribution in [0.4, 0.5) is 14.5 Å². The first kappa shape index (κ1) is 26.3. The van der Waals surface area contributed by atoms with Crippen LogP contribution in [0.5, 0.6) is 5.75 Å². The van der Waals surface area contributed by atoms with Gasteiger partial charge in [0.05, 0.1) is 23.6 Å². The summed E-state index contributed by atoms with van der Waals surface area (Å²) in [4.78, 5) is 32.1. The lowest BCUT2D eigenvalue weighted by molar-refractivity contribution is -0.121. The van der Waals surface area contributed by atoms with Crippen LogP contribution in [-0.4, -0.2) is 29.8 Å². The number of carbonyl (C=O) groups is 2. The Kier molecular flexibility index (Phi) is 7.03. The van der Waals surface area contributed by atoms with Crippen LogP contribution < -0.4 is 9.64 Å². The zero-order chi connectivity index (χ0) is 28.5. The number of ketones is 1. The molecule has 1 aliphatic rings. The molecule has 6 rings (SSSR count). The highest BCUT2D eigenvalue weighted by Crippen LogP contribution is 2.38. The van der Waals surface area contributed by atoms with E-state index in [9.17, 15) is 18.4 Å². The summed E-state index contributed by atoms with van der Waals surface area (Å²) >= 11 is 6.11. The summed E-state index contributed by atoms with van der Waals surface area (Å²) in [6, 6.07) is 27.8. The smallest absolute Gasteiger partial charge is 0.265 e. The molecular weight excluding hydrogens is 546 g/mol. The number of anilines is 1. The number of halogens is 3. The molecule has 0 N–H and O–H groups in total. The van der Waals surface area contributed by atoms with E-state index in [1.54, 1.807) is 36.4 Å². The summed E-state index contributed by atoms with van der Waals surface area (Å²) in [5.41, 5.74) is 5.12. The van der Waals surface area contributed by atoms with Crippen molar-refractivity contribution in [1.82, 2.24) is 4.98 Å². The van der Waals surface area contributed by atoms with Crippen LogP contribution in [0.3, 0.4) is 0 Å². The summed E-state index contributed by atoms with van der Waals surface area (Å²) in [7, 11) is 0. The third kappa shape index (κ3) is 5.58. The second-order valence-electron chi connectivity index (χ2n) is 9.52. The molecule has 1 amide bonds. The molecule has 0 unspecified atom stereocenters. The Morgan fingerprint density at radius 1 is 0.756 bits per heavy atom. The maximum Gasteiger partial charge on any atom is 0.265 e. The minimum atomic E-state index is -0.452. The van der Waals surface area contributed by atoms with Gasteiger partial charge < -0.3 is 4.74 Å². The van der Waals surface area contributed by atoms with Crippen molar-refractivity contribution in [1.29, 1.82) is 0 Å². The van der Waals surface area contributed by atoms with Crippen LogP contribution in [0.15, 0.2) is 103 Å². The van der Waals surface area contributed by atoms with E-state index in [0.717, 1.165) is 16.7 Å². The minimum Gasteiger partial charge on any atom is -0.482 e. The van der Waals surface area contributed by atoms with Crippen LogP contribution in [-0.2, 0) is 4.79 Å². The van der Waals surface area contributed by atoms with Crippen LogP contribution >= 0.6 is 11.6 Å². The fourth-order valence-corrected chi connectivity index (χ4v) is 4.79. The van der Waals surface area contributed by atoms with E-state index in [1.807, 2.05) is 30.3 Å². The van der Waals surface area contributed by atoms with E-state index in [1.165, 1.54) is 41.3 Å². The molecule has 1 aromatic heterocycles. The highest BCUT2D eigenvalue weighted by molar-refractivity contribution is 6.30. The lowest BCUT2D eigenvalue weighted by atomic mass is 9.99. The first-order chi connectivity index (χ1) is 19.8. The minimum absolute atomic E-state index is 0.206. The standard InChI is InChI=1S/C33H21ClF2N2O3/c34-25-8-1-20(2-9-25)24-15-28(21-3-10-26(35)11-4-21)37-29(16-24)23-7-14-32-30(17-23)38(33(40)19-41-32)18-31(39)22-5-12-27(36)13-6-22/h1-17H,18-19H2. The van der Waals surface area contributed by atoms with Gasteiger partial charge in [-0.1, -0.05) is 23.7 Å². The first-order valence-electron chi connectivity index (χ1n) is 12.7. The van der Waals surface area contributed by atoms with Crippen molar-refractivity contribution in [3.8, 4) is 39.4 Å². The lowest BCUT2D eigenvalue weighted by Crippen LogP contribution is -2.42. The Morgan fingerprint density at radius 3 is 2.02 bits per heavy atom. The molecular formula is C33H21ClF2N2O3. The van der Waals surface area contributed by atoms with E-state index in [2.05, 4.69) is 0 Å². The average Bonchev–Trinajstić information content (AvgIpc) is 2.99. The molecule has 0 atom stereocenters. The fourth-order valence-electron chi connectivity index (χ4n) is 4.66. The van der Waals surface area contributed by atoms with Crippen molar-refractivity contribution in [2.24, 2.45) is 0 Å². The number of hydrogen-bond acceptors (Lipinski definition) is 4. The molecule has 8 heteroatoms. The van der Waals surface area contributed by atoms with Crippen LogP contribution in [0.1, 0.15) is 10.4 Å². The molecule has 0 saturated heterocycles. The summed E-state index contributed by atoms with van der Waals surface area (Å²) in [6.07, 6.45) is 0. The third-order valence-electron chi connectivity index (χ3n) is 6.81. The molecule has 0 bridgehead atoms. The maximum absolute atomic E-state index is 13.7. The average molecular weight is 567 g/mol. The van der Waals surface area contributed by atoms with Gasteiger partial charge in [0.15, 0.2) is 12.4 Å². The Balaban J connectivity index is 1.42. The van der Waals surface area contributed by atoms with E-state index < -0.39 is 5.82 Å². The quantitative estimate of drug-likeness (QED) is 0.198. The maximum atomic E-state index is 13.7. The predicted molar refractivity (Wildman–Crippen MR) is 154 cm³/mol. The van der Waals surface area contributed by atoms with Gasteiger partial charge in [0, 0.05) is 21.7 Å². The molecule has 202 valence electrons. The number of hydrogen-bond donors (Lipinski definition) is 0. The number of aromatic nitrogens is 1. The van der Waals surface area contributed by atoms with E-state index in [0.29, 0.717) is 39.0 Å². The van der Waals surface area contributed by atoms with Gasteiger partial charge in [0.2, 0.25) is 0 Å². The Hall–Kier alpha value is -4.88. The number of Topliss-reactive ketones (excluding diaryl/α,β-unsaturated/α-hetero) is 1. The highest BCUT2D eigenvalue weighted by atomic mass is 35.5. The number of pyridine rings is 1. The summed E-state index contributed by atoms with van der Waals surface area (Å²) in [5, 5.41) is 0.608. The van der Waals surface area contributed by atoms with Crippen molar-refractivity contribution in [3.63, 3.8) is 0 Å². The second kappa shape index (κ2) is 10.9. The van der Waals surface area contributed by atoms with E-state index in [-0.39, 0.29) is 30.7 Å². The first-order valence-corrected chi connectivity index (χ1v) is 13.1. The predicted octanol–water partition coefficient (Wildman–Crippen LogP) is 7.62. The molecule has 0 radical (unpaired) electrons. The Morgan fingerprint density at radius 2 is 1.34 bits per heavy atom. The van der Waals surface area contributed by atoms with Gasteiger partial charge in [0.25, 0.3) is 5.91 Å². The zero-order valence-corrected chi connectivity index (χ0v) is 22.2. The van der Waals surface area contributed by atoms with Gasteiger partial charge in [-0.2, -0.15) is 0 Å². The van der Waals surface area contributed by atoms with Gasteiger partial charge in [-0.3, -0.25) is 14.5 Å². The topological polar surface area (TPSA) is 59.5 Å². The molecule has 0 aliphatic carbocycles. The molecule has 1 aliphatic heterocycles.